The third-order valence-electron chi connectivity index (χ3n) is 2.29. The molecule has 1 rings (SSSR count). The molecule has 2 atom stereocenters. The van der Waals surface area contributed by atoms with E-state index >= 15 is 0 Å². The molecule has 2 heteroatoms. The van der Waals surface area contributed by atoms with Crippen LogP contribution in [0.1, 0.15) is 20.3 Å². The lowest BCUT2D eigenvalue weighted by atomic mass is 9.84. The van der Waals surface area contributed by atoms with Gasteiger partial charge in [-0.15, -0.1) is 23.2 Å². The van der Waals surface area contributed by atoms with Crippen molar-refractivity contribution in [1.29, 1.82) is 0 Å². The molecule has 68 valence electrons. The first-order valence-electron chi connectivity index (χ1n) is 4.11. The van der Waals surface area contributed by atoms with Crippen LogP contribution in [0, 0.1) is 5.92 Å². The highest BCUT2D eigenvalue weighted by atomic mass is 35.5. The first kappa shape index (κ1) is 10.1. The van der Waals surface area contributed by atoms with Crippen LogP contribution in [0.2, 0.25) is 0 Å². The van der Waals surface area contributed by atoms with Crippen LogP contribution in [0.3, 0.4) is 0 Å². The molecule has 0 aromatic rings. The largest absolute Gasteiger partial charge is 0.119 e. The molecule has 0 aromatic heterocycles. The van der Waals surface area contributed by atoms with Gasteiger partial charge in [-0.2, -0.15) is 0 Å². The Kier molecular flexibility index (Phi) is 2.90. The molecule has 0 amide bonds. The average Bonchev–Trinajstić information content (AvgIpc) is 1.92. The van der Waals surface area contributed by atoms with E-state index in [1.807, 2.05) is 19.9 Å². The molecule has 1 aliphatic carbocycles. The van der Waals surface area contributed by atoms with Gasteiger partial charge in [-0.3, -0.25) is 0 Å². The molecule has 0 fully saturated rings. The van der Waals surface area contributed by atoms with E-state index in [9.17, 15) is 0 Å². The minimum absolute atomic E-state index is 0.0537. The Hall–Kier alpha value is 0.0600. The summed E-state index contributed by atoms with van der Waals surface area (Å²) in [7, 11) is 0. The van der Waals surface area contributed by atoms with E-state index in [1.165, 1.54) is 0 Å². The number of rotatable bonds is 1. The van der Waals surface area contributed by atoms with Gasteiger partial charge in [0.2, 0.25) is 0 Å². The maximum atomic E-state index is 6.19. The van der Waals surface area contributed by atoms with Crippen LogP contribution >= 0.6 is 23.2 Å². The summed E-state index contributed by atoms with van der Waals surface area (Å²) in [4.78, 5) is -0.204. The second kappa shape index (κ2) is 3.43. The van der Waals surface area contributed by atoms with Crippen LogP contribution in [0.4, 0.5) is 0 Å². The Bertz CT molecular complexity index is 210. The second-order valence-electron chi connectivity index (χ2n) is 3.81. The molecule has 1 unspecified atom stereocenters. The van der Waals surface area contributed by atoms with E-state index in [0.29, 0.717) is 5.92 Å². The van der Waals surface area contributed by atoms with Crippen LogP contribution in [0.25, 0.3) is 0 Å². The monoisotopic (exact) mass is 204 g/mol. The van der Waals surface area contributed by atoms with E-state index in [1.54, 1.807) is 0 Å². The molecular weight excluding hydrogens is 191 g/mol. The number of alkyl halides is 2. The number of allylic oxidation sites excluding steroid dienone is 3. The van der Waals surface area contributed by atoms with Crippen molar-refractivity contribution in [2.45, 2.75) is 30.5 Å². The third kappa shape index (κ3) is 2.27. The van der Waals surface area contributed by atoms with Gasteiger partial charge in [0.1, 0.15) is 0 Å². The van der Waals surface area contributed by atoms with E-state index in [-0.39, 0.29) is 10.3 Å². The van der Waals surface area contributed by atoms with Gasteiger partial charge in [-0.1, -0.05) is 18.7 Å². The number of halogens is 2. The Balaban J connectivity index is 2.74. The zero-order valence-electron chi connectivity index (χ0n) is 7.48. The van der Waals surface area contributed by atoms with Crippen molar-refractivity contribution in [2.24, 2.45) is 5.92 Å². The lowest BCUT2D eigenvalue weighted by Gasteiger charge is -2.30. The van der Waals surface area contributed by atoms with Crippen LogP contribution in [0.15, 0.2) is 24.3 Å². The first-order valence-corrected chi connectivity index (χ1v) is 4.92. The summed E-state index contributed by atoms with van der Waals surface area (Å²) in [5.74, 6) is 0.354. The summed E-state index contributed by atoms with van der Waals surface area (Å²) in [6.07, 6.45) is 4.98. The molecule has 0 radical (unpaired) electrons. The van der Waals surface area contributed by atoms with Gasteiger partial charge in [-0.25, -0.2) is 0 Å². The van der Waals surface area contributed by atoms with Gasteiger partial charge < -0.3 is 0 Å². The highest BCUT2D eigenvalue weighted by Crippen LogP contribution is 2.35. The fourth-order valence-electron chi connectivity index (χ4n) is 1.31. The molecule has 0 nitrogen and oxygen atoms in total. The highest BCUT2D eigenvalue weighted by Gasteiger charge is 2.29. The summed E-state index contributed by atoms with van der Waals surface area (Å²) >= 11 is 12.2. The van der Waals surface area contributed by atoms with Crippen molar-refractivity contribution in [2.75, 3.05) is 0 Å². The Labute approximate surface area is 84.2 Å². The van der Waals surface area contributed by atoms with Crippen molar-refractivity contribution >= 4 is 23.2 Å². The zero-order valence-corrected chi connectivity index (χ0v) is 8.99. The van der Waals surface area contributed by atoms with Crippen molar-refractivity contribution in [3.05, 3.63) is 24.3 Å². The minimum Gasteiger partial charge on any atom is -0.119 e. The molecular formula is C10H14Cl2. The molecule has 0 aromatic carbocycles. The number of hydrogen-bond donors (Lipinski definition) is 0. The Morgan fingerprint density at radius 3 is 2.58 bits per heavy atom. The van der Waals surface area contributed by atoms with E-state index < -0.39 is 0 Å². The van der Waals surface area contributed by atoms with Crippen LogP contribution in [-0.4, -0.2) is 10.3 Å². The minimum atomic E-state index is -0.204. The van der Waals surface area contributed by atoms with Crippen LogP contribution < -0.4 is 0 Å². The van der Waals surface area contributed by atoms with Crippen molar-refractivity contribution < 1.29 is 0 Å². The van der Waals surface area contributed by atoms with Crippen LogP contribution in [0.5, 0.6) is 0 Å². The summed E-state index contributed by atoms with van der Waals surface area (Å²) in [6.45, 7) is 7.88. The molecule has 0 saturated carbocycles. The maximum absolute atomic E-state index is 6.19. The van der Waals surface area contributed by atoms with Crippen molar-refractivity contribution in [3.63, 3.8) is 0 Å². The van der Waals surface area contributed by atoms with Gasteiger partial charge in [-0.05, 0) is 31.8 Å². The summed E-state index contributed by atoms with van der Waals surface area (Å²) < 4.78 is 0. The molecule has 0 aliphatic heterocycles. The van der Waals surface area contributed by atoms with E-state index in [2.05, 4.69) is 12.7 Å². The predicted octanol–water partition coefficient (Wildman–Crippen LogP) is 3.74. The van der Waals surface area contributed by atoms with Gasteiger partial charge >= 0.3 is 0 Å². The third-order valence-corrected chi connectivity index (χ3v) is 3.03. The SMILES string of the molecule is C=C1C=CC(C(C)(C)Cl)C[C@H]1Cl. The quantitative estimate of drug-likeness (QED) is 0.572. The normalized spacial score (nSPS) is 30.8. The standard InChI is InChI=1S/C10H14Cl2/c1-7-4-5-8(6-9(7)11)10(2,3)12/h4-5,8-9H,1,6H2,2-3H3/t8?,9-/m1/s1. The first-order chi connectivity index (χ1) is 5.41. The van der Waals surface area contributed by atoms with Gasteiger partial charge in [0, 0.05) is 4.87 Å². The fourth-order valence-corrected chi connectivity index (χ4v) is 1.73. The molecule has 0 saturated heterocycles. The molecule has 0 spiro atoms. The molecule has 0 bridgehead atoms. The lowest BCUT2D eigenvalue weighted by Crippen LogP contribution is -2.28. The van der Waals surface area contributed by atoms with Crippen LogP contribution in [-0.2, 0) is 0 Å². The van der Waals surface area contributed by atoms with Gasteiger partial charge in [0.05, 0.1) is 5.38 Å². The van der Waals surface area contributed by atoms with Crippen molar-refractivity contribution in [3.8, 4) is 0 Å². The van der Waals surface area contributed by atoms with Gasteiger partial charge in [0.25, 0.3) is 0 Å². The summed E-state index contributed by atoms with van der Waals surface area (Å²) in [5, 5.41) is 0.0537. The van der Waals surface area contributed by atoms with Crippen molar-refractivity contribution in [1.82, 2.24) is 0 Å². The maximum Gasteiger partial charge on any atom is 0.0585 e. The van der Waals surface area contributed by atoms with Gasteiger partial charge in [0.15, 0.2) is 0 Å². The second-order valence-corrected chi connectivity index (χ2v) is 5.31. The summed E-state index contributed by atoms with van der Waals surface area (Å²) in [5.41, 5.74) is 0.994. The van der Waals surface area contributed by atoms with E-state index in [4.69, 9.17) is 23.2 Å². The Morgan fingerprint density at radius 2 is 2.17 bits per heavy atom. The molecule has 0 N–H and O–H groups in total. The molecule has 0 heterocycles. The fraction of sp³-hybridized carbons (Fsp3) is 0.600. The highest BCUT2D eigenvalue weighted by molar-refractivity contribution is 6.24. The van der Waals surface area contributed by atoms with E-state index in [0.717, 1.165) is 12.0 Å². The topological polar surface area (TPSA) is 0 Å². The average molecular weight is 205 g/mol. The predicted molar refractivity (Wildman–Crippen MR) is 56.0 cm³/mol. The molecule has 1 aliphatic rings. The molecule has 12 heavy (non-hydrogen) atoms. The number of hydrogen-bond acceptors (Lipinski definition) is 0. The Morgan fingerprint density at radius 1 is 1.58 bits per heavy atom. The summed E-state index contributed by atoms with van der Waals surface area (Å²) in [6, 6.07) is 0. The lowest BCUT2D eigenvalue weighted by molar-refractivity contribution is 0.463. The smallest absolute Gasteiger partial charge is 0.0585 e. The zero-order chi connectivity index (χ0) is 9.35.